The minimum atomic E-state index is -0.421. The van der Waals surface area contributed by atoms with Crippen molar-refractivity contribution >= 4 is 17.3 Å². The summed E-state index contributed by atoms with van der Waals surface area (Å²) in [7, 11) is 0. The molecule has 2 aromatic rings. The first-order valence-electron chi connectivity index (χ1n) is 8.28. The van der Waals surface area contributed by atoms with E-state index in [0.29, 0.717) is 48.1 Å². The minimum absolute atomic E-state index is 0.00872. The molecule has 1 N–H and O–H groups in total. The highest BCUT2D eigenvalue weighted by Crippen LogP contribution is 2.38. The first-order chi connectivity index (χ1) is 12.0. The number of nitro groups is 1. The number of H-pyrrole nitrogens is 1. The van der Waals surface area contributed by atoms with Crippen molar-refractivity contribution in [3.63, 3.8) is 0 Å². The van der Waals surface area contributed by atoms with E-state index in [1.54, 1.807) is 12.1 Å². The van der Waals surface area contributed by atoms with Crippen molar-refractivity contribution < 1.29 is 4.92 Å². The van der Waals surface area contributed by atoms with E-state index in [9.17, 15) is 14.9 Å². The lowest BCUT2D eigenvalue weighted by molar-refractivity contribution is -0.385. The fourth-order valence-electron chi connectivity index (χ4n) is 3.27. The summed E-state index contributed by atoms with van der Waals surface area (Å²) < 4.78 is 0. The van der Waals surface area contributed by atoms with Crippen LogP contribution in [0.2, 0.25) is 5.02 Å². The number of benzene rings is 1. The van der Waals surface area contributed by atoms with E-state index in [2.05, 4.69) is 9.97 Å². The van der Waals surface area contributed by atoms with E-state index in [0.717, 1.165) is 24.4 Å². The zero-order valence-corrected chi connectivity index (χ0v) is 14.3. The van der Waals surface area contributed by atoms with Crippen molar-refractivity contribution in [2.24, 2.45) is 0 Å². The summed E-state index contributed by atoms with van der Waals surface area (Å²) in [5.41, 5.74) is 2.06. The topological polar surface area (TPSA) is 92.1 Å². The number of hydrogen-bond donors (Lipinski definition) is 1. The smallest absolute Gasteiger partial charge is 0.275 e. The number of rotatable bonds is 4. The van der Waals surface area contributed by atoms with Crippen molar-refractivity contribution in [3.8, 4) is 0 Å². The molecule has 0 bridgehead atoms. The van der Waals surface area contributed by atoms with E-state index in [-0.39, 0.29) is 11.2 Å². The molecule has 130 valence electrons. The molecule has 1 aromatic carbocycles. The van der Waals surface area contributed by atoms with Crippen molar-refractivity contribution in [3.05, 3.63) is 66.3 Å². The predicted octanol–water partition coefficient (Wildman–Crippen LogP) is 2.77. The lowest BCUT2D eigenvalue weighted by atomic mass is 10.1. The van der Waals surface area contributed by atoms with E-state index in [1.807, 2.05) is 4.90 Å². The van der Waals surface area contributed by atoms with Crippen molar-refractivity contribution in [1.29, 1.82) is 0 Å². The van der Waals surface area contributed by atoms with Gasteiger partial charge >= 0.3 is 0 Å². The Labute approximate surface area is 148 Å². The van der Waals surface area contributed by atoms with Crippen LogP contribution in [0.1, 0.15) is 41.4 Å². The number of halogens is 1. The van der Waals surface area contributed by atoms with E-state index in [4.69, 9.17) is 11.6 Å². The van der Waals surface area contributed by atoms with Crippen LogP contribution in [0, 0.1) is 10.1 Å². The number of hydrogen-bond acceptors (Lipinski definition) is 5. The third kappa shape index (κ3) is 3.29. The molecule has 4 rings (SSSR count). The standard InChI is InChI=1S/C17H17ClN4O3/c18-12-4-3-11(15(7-12)22(24)25)8-21-6-5-14-13(9-21)17(23)20-16(19-14)10-1-2-10/h3-4,7,10H,1-2,5-6,8-9H2,(H,19,20,23). The molecule has 25 heavy (non-hydrogen) atoms. The van der Waals surface area contributed by atoms with Gasteiger partial charge in [0.15, 0.2) is 0 Å². The molecular formula is C17H17ClN4O3. The summed E-state index contributed by atoms with van der Waals surface area (Å²) in [4.78, 5) is 32.8. The number of aromatic nitrogens is 2. The lowest BCUT2D eigenvalue weighted by Gasteiger charge is -2.27. The Morgan fingerprint density at radius 2 is 2.20 bits per heavy atom. The largest absolute Gasteiger partial charge is 0.310 e. The maximum atomic E-state index is 12.4. The molecular weight excluding hydrogens is 344 g/mol. The minimum Gasteiger partial charge on any atom is -0.310 e. The second-order valence-electron chi connectivity index (χ2n) is 6.64. The van der Waals surface area contributed by atoms with E-state index >= 15 is 0 Å². The van der Waals surface area contributed by atoms with Gasteiger partial charge in [-0.05, 0) is 25.0 Å². The molecule has 0 unspecified atom stereocenters. The zero-order chi connectivity index (χ0) is 17.6. The van der Waals surface area contributed by atoms with Crippen LogP contribution in [-0.2, 0) is 19.5 Å². The molecule has 7 nitrogen and oxygen atoms in total. The number of nitrogens with one attached hydrogen (secondary N) is 1. The normalized spacial score (nSPS) is 17.3. The van der Waals surface area contributed by atoms with Gasteiger partial charge in [0.25, 0.3) is 11.2 Å². The van der Waals surface area contributed by atoms with Crippen LogP contribution in [0.3, 0.4) is 0 Å². The maximum absolute atomic E-state index is 12.4. The zero-order valence-electron chi connectivity index (χ0n) is 13.5. The van der Waals surface area contributed by atoms with Crippen LogP contribution >= 0.6 is 11.6 Å². The molecule has 8 heteroatoms. The first-order valence-corrected chi connectivity index (χ1v) is 8.66. The second kappa shape index (κ2) is 6.24. The highest BCUT2D eigenvalue weighted by molar-refractivity contribution is 6.30. The predicted molar refractivity (Wildman–Crippen MR) is 92.8 cm³/mol. The average Bonchev–Trinajstić information content (AvgIpc) is 3.41. The van der Waals surface area contributed by atoms with Gasteiger partial charge in [-0.15, -0.1) is 0 Å². The highest BCUT2D eigenvalue weighted by Gasteiger charge is 2.29. The van der Waals surface area contributed by atoms with Crippen molar-refractivity contribution in [1.82, 2.24) is 14.9 Å². The Kier molecular flexibility index (Phi) is 4.05. The van der Waals surface area contributed by atoms with Crippen molar-refractivity contribution in [2.45, 2.75) is 38.3 Å². The molecule has 1 aliphatic carbocycles. The van der Waals surface area contributed by atoms with Crippen LogP contribution in [0.25, 0.3) is 0 Å². The second-order valence-corrected chi connectivity index (χ2v) is 7.08. The van der Waals surface area contributed by atoms with Gasteiger partial charge in [-0.1, -0.05) is 11.6 Å². The molecule has 0 saturated heterocycles. The third-order valence-corrected chi connectivity index (χ3v) is 5.00. The first kappa shape index (κ1) is 16.2. The molecule has 0 spiro atoms. The SMILES string of the molecule is O=c1[nH]c(C2CC2)nc2c1CN(Cc1ccc(Cl)cc1[N+](=O)[O-])CC2. The molecule has 0 radical (unpaired) electrons. The number of nitro benzene ring substituents is 1. The highest BCUT2D eigenvalue weighted by atomic mass is 35.5. The van der Waals surface area contributed by atoms with E-state index in [1.165, 1.54) is 6.07 Å². The maximum Gasteiger partial charge on any atom is 0.275 e. The molecule has 1 saturated carbocycles. The summed E-state index contributed by atoms with van der Waals surface area (Å²) in [6.45, 7) is 1.56. The van der Waals surface area contributed by atoms with E-state index < -0.39 is 4.92 Å². The molecule has 1 fully saturated rings. The summed E-state index contributed by atoms with van der Waals surface area (Å²) >= 11 is 5.87. The Morgan fingerprint density at radius 3 is 2.92 bits per heavy atom. The summed E-state index contributed by atoms with van der Waals surface area (Å²) in [5, 5.41) is 11.6. The molecule has 1 aromatic heterocycles. The molecule has 1 aliphatic heterocycles. The Balaban J connectivity index is 1.57. The van der Waals surface area contributed by atoms with Gasteiger partial charge in [0.05, 0.1) is 16.2 Å². The van der Waals surface area contributed by atoms with Gasteiger partial charge in [-0.25, -0.2) is 4.98 Å². The fourth-order valence-corrected chi connectivity index (χ4v) is 3.43. The van der Waals surface area contributed by atoms with Gasteiger partial charge in [-0.3, -0.25) is 19.8 Å². The van der Waals surface area contributed by atoms with Gasteiger partial charge in [-0.2, -0.15) is 0 Å². The summed E-state index contributed by atoms with van der Waals surface area (Å²) in [5.74, 6) is 1.22. The number of fused-ring (bicyclic) bond motifs is 1. The Bertz CT molecular complexity index is 907. The molecule has 0 amide bonds. The van der Waals surface area contributed by atoms with Crippen LogP contribution in [0.5, 0.6) is 0 Å². The summed E-state index contributed by atoms with van der Waals surface area (Å²) in [6.07, 6.45) is 2.86. The molecule has 2 heterocycles. The van der Waals surface area contributed by atoms with Gasteiger partial charge in [0, 0.05) is 48.6 Å². The lowest BCUT2D eigenvalue weighted by Crippen LogP contribution is -2.35. The Hall–Kier alpha value is -2.25. The molecule has 0 atom stereocenters. The fraction of sp³-hybridized carbons (Fsp3) is 0.412. The van der Waals surface area contributed by atoms with Crippen LogP contribution in [0.4, 0.5) is 5.69 Å². The quantitative estimate of drug-likeness (QED) is 0.668. The van der Waals surface area contributed by atoms with Crippen LogP contribution < -0.4 is 5.56 Å². The summed E-state index contributed by atoms with van der Waals surface area (Å²) in [6, 6.07) is 4.69. The number of aromatic amines is 1. The third-order valence-electron chi connectivity index (χ3n) is 4.77. The Morgan fingerprint density at radius 1 is 1.40 bits per heavy atom. The monoisotopic (exact) mass is 360 g/mol. The van der Waals surface area contributed by atoms with Gasteiger partial charge in [0.2, 0.25) is 0 Å². The molecule has 2 aliphatic rings. The van der Waals surface area contributed by atoms with Crippen LogP contribution in [0.15, 0.2) is 23.0 Å². The van der Waals surface area contributed by atoms with Crippen LogP contribution in [-0.4, -0.2) is 26.3 Å². The number of nitrogens with zero attached hydrogens (tertiary/aromatic N) is 3. The van der Waals surface area contributed by atoms with Gasteiger partial charge < -0.3 is 4.98 Å². The van der Waals surface area contributed by atoms with Crippen molar-refractivity contribution in [2.75, 3.05) is 6.54 Å². The average molecular weight is 361 g/mol. The van der Waals surface area contributed by atoms with Gasteiger partial charge in [0.1, 0.15) is 5.82 Å².